The van der Waals surface area contributed by atoms with Crippen molar-refractivity contribution in [1.29, 1.82) is 0 Å². The summed E-state index contributed by atoms with van der Waals surface area (Å²) in [5.74, 6) is 0.525. The summed E-state index contributed by atoms with van der Waals surface area (Å²) in [5, 5.41) is 11.9. The second kappa shape index (κ2) is 6.96. The van der Waals surface area contributed by atoms with Gasteiger partial charge in [-0.2, -0.15) is 0 Å². The molecule has 4 nitrogen and oxygen atoms in total. The van der Waals surface area contributed by atoms with Crippen molar-refractivity contribution in [3.8, 4) is 11.5 Å². The van der Waals surface area contributed by atoms with Crippen molar-refractivity contribution in [3.63, 3.8) is 0 Å². The minimum Gasteiger partial charge on any atom is -0.450 e. The van der Waals surface area contributed by atoms with Crippen LogP contribution in [-0.4, -0.2) is 4.92 Å². The first kappa shape index (κ1) is 16.5. The van der Waals surface area contributed by atoms with Crippen LogP contribution >= 0.6 is 55.1 Å². The lowest BCUT2D eigenvalue weighted by molar-refractivity contribution is -0.385. The van der Waals surface area contributed by atoms with Crippen molar-refractivity contribution in [2.75, 3.05) is 0 Å². The highest BCUT2D eigenvalue weighted by Gasteiger charge is 2.20. The van der Waals surface area contributed by atoms with Crippen LogP contribution in [0.1, 0.15) is 5.56 Å². The van der Waals surface area contributed by atoms with Crippen LogP contribution in [0.15, 0.2) is 34.8 Å². The van der Waals surface area contributed by atoms with Crippen LogP contribution < -0.4 is 4.74 Å². The second-order valence-electron chi connectivity index (χ2n) is 3.98. The van der Waals surface area contributed by atoms with E-state index < -0.39 is 4.92 Å². The molecule has 21 heavy (non-hydrogen) atoms. The number of benzene rings is 2. The van der Waals surface area contributed by atoms with Gasteiger partial charge >= 0.3 is 5.69 Å². The molecule has 0 fully saturated rings. The summed E-state index contributed by atoms with van der Waals surface area (Å²) in [6.45, 7) is 0. The fraction of sp³-hybridized carbons (Fsp3) is 0.0769. The highest BCUT2D eigenvalue weighted by Crippen LogP contribution is 2.39. The Morgan fingerprint density at radius 3 is 2.43 bits per heavy atom. The van der Waals surface area contributed by atoms with E-state index in [1.54, 1.807) is 6.07 Å². The Morgan fingerprint density at radius 2 is 1.81 bits per heavy atom. The van der Waals surface area contributed by atoms with Crippen molar-refractivity contribution >= 4 is 60.7 Å². The van der Waals surface area contributed by atoms with Crippen molar-refractivity contribution in [2.24, 2.45) is 0 Å². The fourth-order valence-electron chi connectivity index (χ4n) is 1.59. The maximum Gasteiger partial charge on any atom is 0.313 e. The number of ether oxygens (including phenoxy) is 1. The highest BCUT2D eigenvalue weighted by molar-refractivity contribution is 9.10. The lowest BCUT2D eigenvalue weighted by Gasteiger charge is -2.11. The molecule has 110 valence electrons. The Hall–Kier alpha value is -0.820. The van der Waals surface area contributed by atoms with Gasteiger partial charge in [-0.15, -0.1) is 0 Å². The molecular formula is C13H7Br2Cl2NO3. The lowest BCUT2D eigenvalue weighted by atomic mass is 10.2. The van der Waals surface area contributed by atoms with E-state index in [0.29, 0.717) is 11.1 Å². The van der Waals surface area contributed by atoms with Crippen molar-refractivity contribution in [3.05, 3.63) is 60.5 Å². The van der Waals surface area contributed by atoms with Crippen LogP contribution in [0.3, 0.4) is 0 Å². The third-order valence-electron chi connectivity index (χ3n) is 2.59. The molecule has 2 aromatic rings. The molecule has 0 atom stereocenters. The SMILES string of the molecule is O=[N+]([O-])c1cc(Cl)c(Cl)cc1Oc1cc(Br)ccc1CBr. The summed E-state index contributed by atoms with van der Waals surface area (Å²) in [6.07, 6.45) is 0. The number of hydrogen-bond acceptors (Lipinski definition) is 3. The Kier molecular flexibility index (Phi) is 5.48. The summed E-state index contributed by atoms with van der Waals surface area (Å²) in [5.41, 5.74) is 0.600. The summed E-state index contributed by atoms with van der Waals surface area (Å²) in [7, 11) is 0. The fourth-order valence-corrected chi connectivity index (χ4v) is 2.71. The maximum atomic E-state index is 11.1. The van der Waals surface area contributed by atoms with Gasteiger partial charge in [0.15, 0.2) is 0 Å². The van der Waals surface area contributed by atoms with Gasteiger partial charge in [-0.25, -0.2) is 0 Å². The molecule has 0 amide bonds. The average Bonchev–Trinajstić information content (AvgIpc) is 2.42. The average molecular weight is 456 g/mol. The normalized spacial score (nSPS) is 10.5. The summed E-state index contributed by atoms with van der Waals surface area (Å²) < 4.78 is 6.46. The van der Waals surface area contributed by atoms with Gasteiger partial charge in [0, 0.05) is 27.5 Å². The number of hydrogen-bond donors (Lipinski definition) is 0. The zero-order valence-corrected chi connectivity index (χ0v) is 15.0. The molecule has 0 aliphatic rings. The van der Waals surface area contributed by atoms with Crippen LogP contribution in [0.2, 0.25) is 10.0 Å². The van der Waals surface area contributed by atoms with Gasteiger partial charge in [0.2, 0.25) is 5.75 Å². The largest absolute Gasteiger partial charge is 0.450 e. The van der Waals surface area contributed by atoms with E-state index in [-0.39, 0.29) is 21.5 Å². The van der Waals surface area contributed by atoms with Crippen LogP contribution in [-0.2, 0) is 5.33 Å². The molecule has 0 aliphatic carbocycles. The quantitative estimate of drug-likeness (QED) is 0.306. The molecule has 0 unspecified atom stereocenters. The molecule has 0 radical (unpaired) electrons. The van der Waals surface area contributed by atoms with Crippen LogP contribution in [0, 0.1) is 10.1 Å². The zero-order chi connectivity index (χ0) is 15.6. The number of rotatable bonds is 4. The first-order chi connectivity index (χ1) is 9.92. The third-order valence-corrected chi connectivity index (χ3v) is 4.41. The molecule has 0 bridgehead atoms. The van der Waals surface area contributed by atoms with Gasteiger partial charge in [-0.1, -0.05) is 61.1 Å². The Labute approximate surface area is 147 Å². The molecule has 0 aromatic heterocycles. The van der Waals surface area contributed by atoms with E-state index in [2.05, 4.69) is 31.9 Å². The van der Waals surface area contributed by atoms with Crippen LogP contribution in [0.25, 0.3) is 0 Å². The standard InChI is InChI=1S/C13H7Br2Cl2NO3/c14-6-7-1-2-8(15)3-12(7)21-13-5-10(17)9(16)4-11(13)18(19)20/h1-5H,6H2. The van der Waals surface area contributed by atoms with E-state index >= 15 is 0 Å². The van der Waals surface area contributed by atoms with Crippen molar-refractivity contribution in [1.82, 2.24) is 0 Å². The summed E-state index contributed by atoms with van der Waals surface area (Å²) >= 11 is 18.4. The van der Waals surface area contributed by atoms with E-state index in [1.165, 1.54) is 12.1 Å². The molecule has 0 aliphatic heterocycles. The molecule has 8 heteroatoms. The topological polar surface area (TPSA) is 52.4 Å². The van der Waals surface area contributed by atoms with Gasteiger partial charge in [-0.05, 0) is 12.1 Å². The third kappa shape index (κ3) is 3.88. The Balaban J connectivity index is 2.51. The molecule has 2 aromatic carbocycles. The monoisotopic (exact) mass is 453 g/mol. The number of nitrogens with zero attached hydrogens (tertiary/aromatic N) is 1. The molecule has 0 heterocycles. The second-order valence-corrected chi connectivity index (χ2v) is 6.27. The molecule has 0 spiro atoms. The first-order valence-electron chi connectivity index (χ1n) is 5.58. The van der Waals surface area contributed by atoms with Gasteiger partial charge in [0.1, 0.15) is 5.75 Å². The highest BCUT2D eigenvalue weighted by atomic mass is 79.9. The van der Waals surface area contributed by atoms with E-state index in [1.807, 2.05) is 12.1 Å². The molecule has 0 saturated carbocycles. The van der Waals surface area contributed by atoms with E-state index in [9.17, 15) is 10.1 Å². The number of nitro groups is 1. The lowest BCUT2D eigenvalue weighted by Crippen LogP contribution is -1.96. The zero-order valence-electron chi connectivity index (χ0n) is 10.3. The van der Waals surface area contributed by atoms with Gasteiger partial charge < -0.3 is 4.74 Å². The van der Waals surface area contributed by atoms with Crippen LogP contribution in [0.4, 0.5) is 5.69 Å². The summed E-state index contributed by atoms with van der Waals surface area (Å²) in [4.78, 5) is 10.5. The van der Waals surface area contributed by atoms with E-state index in [4.69, 9.17) is 27.9 Å². The molecule has 2 rings (SSSR count). The smallest absolute Gasteiger partial charge is 0.313 e. The van der Waals surface area contributed by atoms with Crippen LogP contribution in [0.5, 0.6) is 11.5 Å². The molecule has 0 saturated heterocycles. The number of nitro benzene ring substituents is 1. The van der Waals surface area contributed by atoms with E-state index in [0.717, 1.165) is 10.0 Å². The number of halogens is 4. The minimum absolute atomic E-state index is 0.0368. The Morgan fingerprint density at radius 1 is 1.14 bits per heavy atom. The predicted octanol–water partition coefficient (Wildman–Crippen LogP) is 6.35. The van der Waals surface area contributed by atoms with Gasteiger partial charge in [-0.3, -0.25) is 10.1 Å². The first-order valence-corrected chi connectivity index (χ1v) is 8.25. The van der Waals surface area contributed by atoms with Crippen molar-refractivity contribution in [2.45, 2.75) is 5.33 Å². The van der Waals surface area contributed by atoms with Gasteiger partial charge in [0.05, 0.1) is 15.0 Å². The predicted molar refractivity (Wildman–Crippen MR) is 90.0 cm³/mol. The summed E-state index contributed by atoms with van der Waals surface area (Å²) in [6, 6.07) is 7.93. The minimum atomic E-state index is -0.566. The number of alkyl halides is 1. The molecule has 0 N–H and O–H groups in total. The van der Waals surface area contributed by atoms with Gasteiger partial charge in [0.25, 0.3) is 0 Å². The maximum absolute atomic E-state index is 11.1. The van der Waals surface area contributed by atoms with Crippen molar-refractivity contribution < 1.29 is 9.66 Å². The Bertz CT molecular complexity index is 710. The molecular weight excluding hydrogens is 449 g/mol.